The maximum atomic E-state index is 10.5. The molecule has 0 fully saturated rings. The first kappa shape index (κ1) is 24.0. The molecule has 2 aromatic rings. The van der Waals surface area contributed by atoms with Gasteiger partial charge in [-0.05, 0) is 44.6 Å². The van der Waals surface area contributed by atoms with Crippen molar-refractivity contribution in [3.8, 4) is 0 Å². The molecule has 2 N–H and O–H groups in total. The highest BCUT2D eigenvalue weighted by Crippen LogP contribution is 2.22. The molecule has 0 saturated heterocycles. The second-order valence-corrected chi connectivity index (χ2v) is 7.61. The number of hydrogen-bond acceptors (Lipinski definition) is 3. The first-order valence-corrected chi connectivity index (χ1v) is 8.27. The Kier molecular flexibility index (Phi) is 9.23. The number of fused-ring (bicyclic) bond motifs is 1. The van der Waals surface area contributed by atoms with Crippen LogP contribution in [0.15, 0.2) is 24.3 Å². The Hall–Kier alpha value is -1.01. The van der Waals surface area contributed by atoms with Gasteiger partial charge in [0.1, 0.15) is 0 Å². The topological polar surface area (TPSA) is 57.2 Å². The quantitative estimate of drug-likeness (QED) is 0.795. The lowest BCUT2D eigenvalue weighted by molar-refractivity contribution is 0.0477. The number of halogens is 2. The van der Waals surface area contributed by atoms with Crippen LogP contribution in [0.3, 0.4) is 0 Å². The molecule has 0 aliphatic rings. The van der Waals surface area contributed by atoms with Crippen LogP contribution in [-0.2, 0) is 13.1 Å². The Morgan fingerprint density at radius 3 is 2.08 bits per heavy atom. The van der Waals surface area contributed by atoms with E-state index in [2.05, 4.69) is 25.1 Å². The summed E-state index contributed by atoms with van der Waals surface area (Å²) in [5, 5.41) is 19.0. The molecule has 1 atom stereocenters. The molecule has 144 valence electrons. The van der Waals surface area contributed by atoms with E-state index in [1.54, 1.807) is 0 Å². The van der Waals surface area contributed by atoms with Crippen LogP contribution in [0.25, 0.3) is 11.0 Å². The summed E-state index contributed by atoms with van der Waals surface area (Å²) < 4.78 is 3.98. The van der Waals surface area contributed by atoms with Crippen LogP contribution >= 0.6 is 24.8 Å². The second kappa shape index (κ2) is 9.62. The van der Waals surface area contributed by atoms with E-state index in [4.69, 9.17) is 5.41 Å². The molecule has 0 amide bonds. The molecule has 0 saturated carbocycles. The first-order chi connectivity index (χ1) is 10.7. The lowest BCUT2D eigenvalue weighted by Crippen LogP contribution is -2.35. The van der Waals surface area contributed by atoms with Gasteiger partial charge in [-0.25, -0.2) is 0 Å². The molecule has 2 rings (SSSR count). The molecule has 0 bridgehead atoms. The Morgan fingerprint density at radius 2 is 1.60 bits per heavy atom. The highest BCUT2D eigenvalue weighted by molar-refractivity contribution is 5.85. The van der Waals surface area contributed by atoms with Gasteiger partial charge in [0, 0.05) is 6.54 Å². The third kappa shape index (κ3) is 5.74. The maximum absolute atomic E-state index is 10.5. The van der Waals surface area contributed by atoms with Gasteiger partial charge in [0.05, 0.1) is 23.7 Å². The van der Waals surface area contributed by atoms with Crippen molar-refractivity contribution in [2.24, 2.45) is 5.41 Å². The van der Waals surface area contributed by atoms with Crippen LogP contribution in [0.1, 0.15) is 27.2 Å². The van der Waals surface area contributed by atoms with Gasteiger partial charge in [0.2, 0.25) is 5.62 Å². The summed E-state index contributed by atoms with van der Waals surface area (Å²) in [5.41, 5.74) is 2.35. The zero-order valence-electron chi connectivity index (χ0n) is 15.8. The fraction of sp³-hybridized carbons (Fsp3) is 0.611. The minimum Gasteiger partial charge on any atom is -0.391 e. The number of aliphatic hydroxyl groups excluding tert-OH is 1. The van der Waals surface area contributed by atoms with Crippen molar-refractivity contribution >= 4 is 35.8 Å². The number of para-hydroxylation sites is 2. The average Bonchev–Trinajstić information content (AvgIpc) is 2.71. The highest BCUT2D eigenvalue weighted by Gasteiger charge is 2.24. The van der Waals surface area contributed by atoms with Crippen LogP contribution in [0.4, 0.5) is 0 Å². The third-order valence-electron chi connectivity index (χ3n) is 4.32. The minimum absolute atomic E-state index is 0. The predicted octanol–water partition coefficient (Wildman–Crippen LogP) is 3.12. The molecule has 5 nitrogen and oxygen atoms in total. The molecule has 1 heterocycles. The lowest BCUT2D eigenvalue weighted by atomic mass is 9.89. The molecule has 1 aromatic heterocycles. The predicted molar refractivity (Wildman–Crippen MR) is 109 cm³/mol. The average molecular weight is 391 g/mol. The summed E-state index contributed by atoms with van der Waals surface area (Å²) in [6, 6.07) is 8.09. The number of rotatable bonds is 6. The number of nitrogens with one attached hydrogen (secondary N) is 1. The summed E-state index contributed by atoms with van der Waals surface area (Å²) >= 11 is 0. The molecule has 25 heavy (non-hydrogen) atoms. The van der Waals surface area contributed by atoms with E-state index >= 15 is 0 Å². The van der Waals surface area contributed by atoms with Gasteiger partial charge >= 0.3 is 0 Å². The molecule has 0 aliphatic carbocycles. The van der Waals surface area contributed by atoms with Crippen molar-refractivity contribution in [1.29, 1.82) is 5.41 Å². The molecular formula is C18H32Cl2N4O. The number of benzene rings is 1. The number of aryl methyl sites for hydroxylation is 1. The standard InChI is InChI=1S/C18H30N4O.2ClH/c1-18(2,3)16(23)13-22-15-10-7-6-9-14(15)21(17(22)19)12-8-11-20(4)5;;/h6-7,9-10,16,19,23H,8,11-13H2,1-5H3;2*1H. The van der Waals surface area contributed by atoms with Crippen LogP contribution in [0.5, 0.6) is 0 Å². The molecule has 0 radical (unpaired) electrons. The molecule has 1 unspecified atom stereocenters. The zero-order chi connectivity index (χ0) is 17.2. The lowest BCUT2D eigenvalue weighted by Gasteiger charge is -2.26. The van der Waals surface area contributed by atoms with Crippen molar-refractivity contribution in [1.82, 2.24) is 14.0 Å². The fourth-order valence-corrected chi connectivity index (χ4v) is 2.70. The SMILES string of the molecule is CN(C)CCCn1c(=N)n(CC(O)C(C)(C)C)c2ccccc21.Cl.Cl. The molecule has 0 spiro atoms. The van der Waals surface area contributed by atoms with E-state index in [0.29, 0.717) is 12.2 Å². The molecule has 0 aliphatic heterocycles. The number of aliphatic hydroxyl groups is 1. The smallest absolute Gasteiger partial charge is 0.203 e. The third-order valence-corrected chi connectivity index (χ3v) is 4.32. The number of nitrogens with zero attached hydrogens (tertiary/aromatic N) is 3. The van der Waals surface area contributed by atoms with Crippen molar-refractivity contribution in [3.05, 3.63) is 29.9 Å². The van der Waals surface area contributed by atoms with Crippen molar-refractivity contribution in [3.63, 3.8) is 0 Å². The number of aromatic nitrogens is 2. The van der Waals surface area contributed by atoms with Crippen LogP contribution in [0, 0.1) is 10.8 Å². The van der Waals surface area contributed by atoms with Gasteiger partial charge in [-0.1, -0.05) is 32.9 Å². The largest absolute Gasteiger partial charge is 0.391 e. The van der Waals surface area contributed by atoms with Gasteiger partial charge in [-0.2, -0.15) is 0 Å². The van der Waals surface area contributed by atoms with Crippen molar-refractivity contribution in [2.75, 3.05) is 20.6 Å². The van der Waals surface area contributed by atoms with Gasteiger partial charge in [0.15, 0.2) is 0 Å². The maximum Gasteiger partial charge on any atom is 0.203 e. The summed E-state index contributed by atoms with van der Waals surface area (Å²) in [6.07, 6.45) is 0.511. The van der Waals surface area contributed by atoms with E-state index in [9.17, 15) is 5.11 Å². The Labute approximate surface area is 163 Å². The highest BCUT2D eigenvalue weighted by atomic mass is 35.5. The molecule has 1 aromatic carbocycles. The molecule has 7 heteroatoms. The Balaban J connectivity index is 0.00000288. The van der Waals surface area contributed by atoms with Crippen molar-refractivity contribution in [2.45, 2.75) is 46.4 Å². The monoisotopic (exact) mass is 390 g/mol. The van der Waals surface area contributed by atoms with Gasteiger partial charge in [-0.15, -0.1) is 24.8 Å². The van der Waals surface area contributed by atoms with Crippen molar-refractivity contribution < 1.29 is 5.11 Å². The van der Waals surface area contributed by atoms with Crippen LogP contribution < -0.4 is 5.62 Å². The summed E-state index contributed by atoms with van der Waals surface area (Å²) in [4.78, 5) is 2.16. The number of imidazole rings is 1. The normalized spacial score (nSPS) is 12.8. The van der Waals surface area contributed by atoms with E-state index in [1.807, 2.05) is 48.1 Å². The Morgan fingerprint density at radius 1 is 1.08 bits per heavy atom. The Bertz CT molecular complexity index is 716. The van der Waals surface area contributed by atoms with Gasteiger partial charge < -0.3 is 19.1 Å². The first-order valence-electron chi connectivity index (χ1n) is 8.27. The molecular weight excluding hydrogens is 359 g/mol. The zero-order valence-corrected chi connectivity index (χ0v) is 17.5. The van der Waals surface area contributed by atoms with Crippen LogP contribution in [-0.4, -0.2) is 45.9 Å². The fourth-order valence-electron chi connectivity index (χ4n) is 2.70. The number of hydrogen-bond donors (Lipinski definition) is 2. The van der Waals surface area contributed by atoms with E-state index in [1.165, 1.54) is 0 Å². The van der Waals surface area contributed by atoms with E-state index < -0.39 is 6.10 Å². The second-order valence-electron chi connectivity index (χ2n) is 7.61. The van der Waals surface area contributed by atoms with Gasteiger partial charge in [-0.3, -0.25) is 5.41 Å². The summed E-state index contributed by atoms with van der Waals surface area (Å²) in [7, 11) is 4.13. The summed E-state index contributed by atoms with van der Waals surface area (Å²) in [5.74, 6) is 0. The van der Waals surface area contributed by atoms with Crippen LogP contribution in [0.2, 0.25) is 0 Å². The minimum atomic E-state index is -0.488. The summed E-state index contributed by atoms with van der Waals surface area (Å²) in [6.45, 7) is 8.34. The van der Waals surface area contributed by atoms with Gasteiger partial charge in [0.25, 0.3) is 0 Å². The van der Waals surface area contributed by atoms with E-state index in [-0.39, 0.29) is 30.2 Å². The van der Waals surface area contributed by atoms with E-state index in [0.717, 1.165) is 30.5 Å².